The molecule has 0 aromatic heterocycles. The van der Waals surface area contributed by atoms with Gasteiger partial charge in [0.15, 0.2) is 4.33 Å². The fourth-order valence-electron chi connectivity index (χ4n) is 2.76. The predicted molar refractivity (Wildman–Crippen MR) is 70.0 cm³/mol. The van der Waals surface area contributed by atoms with Gasteiger partial charge in [-0.25, -0.2) is 0 Å². The van der Waals surface area contributed by atoms with Gasteiger partial charge < -0.3 is 4.74 Å². The number of hydrogen-bond acceptors (Lipinski definition) is 1. The van der Waals surface area contributed by atoms with Crippen LogP contribution in [0.3, 0.4) is 0 Å². The van der Waals surface area contributed by atoms with E-state index >= 15 is 0 Å². The van der Waals surface area contributed by atoms with Crippen LogP contribution in [-0.4, -0.2) is 10.4 Å². The number of hydrogen-bond donors (Lipinski definition) is 0. The minimum absolute atomic E-state index is 0.0282. The fourth-order valence-corrected chi connectivity index (χ4v) is 3.41. The maximum absolute atomic E-state index is 6.20. The van der Waals surface area contributed by atoms with Gasteiger partial charge in [-0.15, -0.1) is 0 Å². The zero-order chi connectivity index (χ0) is 11.6. The number of ether oxygens (including phenoxy) is 1. The van der Waals surface area contributed by atoms with Gasteiger partial charge >= 0.3 is 0 Å². The summed E-state index contributed by atoms with van der Waals surface area (Å²) in [4.78, 5) is 0. The largest absolute Gasteiger partial charge is 0.487 e. The lowest BCUT2D eigenvalue weighted by molar-refractivity contribution is 0.265. The fraction of sp³-hybridized carbons (Fsp3) is 0.286. The summed E-state index contributed by atoms with van der Waals surface area (Å²) in [6.45, 7) is 0. The Balaban J connectivity index is 1.91. The van der Waals surface area contributed by atoms with E-state index < -0.39 is 4.33 Å². The predicted octanol–water partition coefficient (Wildman–Crippen LogP) is 3.95. The zero-order valence-electron chi connectivity index (χ0n) is 8.99. The standard InChI is InChI=1S/C14H10Cl2O/c15-14(16)11-7-10-9-4-2-1-3-8(9)5-6-12(10)17-13(11)14/h1-6,11,13H,7H2. The van der Waals surface area contributed by atoms with Gasteiger partial charge in [0.25, 0.3) is 0 Å². The minimum Gasteiger partial charge on any atom is -0.487 e. The summed E-state index contributed by atoms with van der Waals surface area (Å²) in [5.41, 5.74) is 1.24. The molecule has 0 saturated heterocycles. The summed E-state index contributed by atoms with van der Waals surface area (Å²) in [6.07, 6.45) is 0.883. The van der Waals surface area contributed by atoms with E-state index in [4.69, 9.17) is 27.9 Å². The van der Waals surface area contributed by atoms with Crippen molar-refractivity contribution in [3.63, 3.8) is 0 Å². The molecule has 0 bridgehead atoms. The Labute approximate surface area is 109 Å². The molecule has 1 nitrogen and oxygen atoms in total. The summed E-state index contributed by atoms with van der Waals surface area (Å²) >= 11 is 12.4. The summed E-state index contributed by atoms with van der Waals surface area (Å²) in [5, 5.41) is 2.49. The van der Waals surface area contributed by atoms with Crippen molar-refractivity contribution >= 4 is 34.0 Å². The van der Waals surface area contributed by atoms with Crippen molar-refractivity contribution in [1.82, 2.24) is 0 Å². The second-order valence-electron chi connectivity index (χ2n) is 4.79. The zero-order valence-corrected chi connectivity index (χ0v) is 10.5. The summed E-state index contributed by atoms with van der Waals surface area (Å²) in [6, 6.07) is 12.5. The summed E-state index contributed by atoms with van der Waals surface area (Å²) in [7, 11) is 0. The Hall–Kier alpha value is -0.920. The maximum Gasteiger partial charge on any atom is 0.161 e. The first-order valence-electron chi connectivity index (χ1n) is 5.73. The van der Waals surface area contributed by atoms with Crippen LogP contribution in [0.2, 0.25) is 0 Å². The Morgan fingerprint density at radius 2 is 1.94 bits per heavy atom. The first-order chi connectivity index (χ1) is 8.18. The van der Waals surface area contributed by atoms with Crippen molar-refractivity contribution in [3.8, 4) is 5.75 Å². The Bertz CT molecular complexity index is 621. The van der Waals surface area contributed by atoms with Crippen LogP contribution in [0.1, 0.15) is 5.56 Å². The van der Waals surface area contributed by atoms with Gasteiger partial charge in [-0.3, -0.25) is 0 Å². The highest BCUT2D eigenvalue weighted by Gasteiger charge is 2.67. The lowest BCUT2D eigenvalue weighted by atomic mass is 9.98. The third-order valence-corrected chi connectivity index (χ3v) is 4.80. The third-order valence-electron chi connectivity index (χ3n) is 3.81. The molecule has 0 spiro atoms. The smallest absolute Gasteiger partial charge is 0.161 e. The van der Waals surface area contributed by atoms with Crippen molar-refractivity contribution in [3.05, 3.63) is 42.0 Å². The van der Waals surface area contributed by atoms with E-state index in [2.05, 4.69) is 24.3 Å². The quantitative estimate of drug-likeness (QED) is 0.655. The molecule has 17 heavy (non-hydrogen) atoms. The van der Waals surface area contributed by atoms with Crippen LogP contribution in [0.25, 0.3) is 10.8 Å². The minimum atomic E-state index is -0.694. The molecule has 2 aromatic rings. The molecular formula is C14H10Cl2O. The van der Waals surface area contributed by atoms with Crippen molar-refractivity contribution in [2.75, 3.05) is 0 Å². The number of halogens is 2. The van der Waals surface area contributed by atoms with Crippen molar-refractivity contribution in [2.45, 2.75) is 16.9 Å². The van der Waals surface area contributed by atoms with Crippen molar-refractivity contribution in [1.29, 1.82) is 0 Å². The Morgan fingerprint density at radius 1 is 1.12 bits per heavy atom. The molecule has 86 valence electrons. The molecule has 1 saturated carbocycles. The monoisotopic (exact) mass is 264 g/mol. The van der Waals surface area contributed by atoms with E-state index in [1.54, 1.807) is 0 Å². The Kier molecular flexibility index (Phi) is 1.83. The van der Waals surface area contributed by atoms with Crippen LogP contribution in [0.15, 0.2) is 36.4 Å². The van der Waals surface area contributed by atoms with Crippen LogP contribution < -0.4 is 4.74 Å². The van der Waals surface area contributed by atoms with Gasteiger partial charge in [0.1, 0.15) is 11.9 Å². The molecule has 1 fully saturated rings. The van der Waals surface area contributed by atoms with E-state index in [0.29, 0.717) is 0 Å². The molecule has 0 N–H and O–H groups in total. The first kappa shape index (κ1) is 10.0. The average Bonchev–Trinajstić information content (AvgIpc) is 2.89. The molecule has 2 aliphatic rings. The van der Waals surface area contributed by atoms with Crippen LogP contribution in [0.5, 0.6) is 5.75 Å². The SMILES string of the molecule is ClC1(Cl)C2Cc3c(ccc4ccccc34)OC21. The second-order valence-corrected chi connectivity index (χ2v) is 6.23. The van der Waals surface area contributed by atoms with Crippen molar-refractivity contribution < 1.29 is 4.74 Å². The van der Waals surface area contributed by atoms with Gasteiger partial charge in [-0.2, -0.15) is 0 Å². The van der Waals surface area contributed by atoms with E-state index in [1.165, 1.54) is 16.3 Å². The lowest BCUT2D eigenvalue weighted by Gasteiger charge is -2.17. The summed E-state index contributed by atoms with van der Waals surface area (Å²) < 4.78 is 5.17. The van der Waals surface area contributed by atoms with Gasteiger partial charge in [0, 0.05) is 11.5 Å². The third kappa shape index (κ3) is 1.27. The average molecular weight is 265 g/mol. The maximum atomic E-state index is 6.20. The normalized spacial score (nSPS) is 28.1. The molecule has 2 aromatic carbocycles. The molecule has 2 atom stereocenters. The molecule has 4 rings (SSSR count). The van der Waals surface area contributed by atoms with Gasteiger partial charge in [-0.1, -0.05) is 53.5 Å². The number of rotatable bonds is 0. The molecule has 1 heterocycles. The molecule has 1 aliphatic heterocycles. The molecule has 0 radical (unpaired) electrons. The van der Waals surface area contributed by atoms with Gasteiger partial charge in [0.2, 0.25) is 0 Å². The molecule has 0 amide bonds. The number of benzene rings is 2. The van der Waals surface area contributed by atoms with Gasteiger partial charge in [0.05, 0.1) is 0 Å². The van der Waals surface area contributed by atoms with E-state index in [0.717, 1.165) is 12.2 Å². The highest BCUT2D eigenvalue weighted by molar-refractivity contribution is 6.51. The van der Waals surface area contributed by atoms with E-state index in [-0.39, 0.29) is 12.0 Å². The Morgan fingerprint density at radius 3 is 2.82 bits per heavy atom. The second kappa shape index (κ2) is 3.09. The molecule has 2 unspecified atom stereocenters. The van der Waals surface area contributed by atoms with Crippen LogP contribution in [0.4, 0.5) is 0 Å². The molecular weight excluding hydrogens is 255 g/mol. The number of fused-ring (bicyclic) bond motifs is 4. The number of alkyl halides is 2. The van der Waals surface area contributed by atoms with Crippen LogP contribution >= 0.6 is 23.2 Å². The molecule has 1 aliphatic carbocycles. The van der Waals surface area contributed by atoms with Crippen molar-refractivity contribution in [2.24, 2.45) is 5.92 Å². The van der Waals surface area contributed by atoms with Gasteiger partial charge in [-0.05, 0) is 23.3 Å². The highest BCUT2D eigenvalue weighted by atomic mass is 35.5. The highest BCUT2D eigenvalue weighted by Crippen LogP contribution is 2.60. The lowest BCUT2D eigenvalue weighted by Crippen LogP contribution is -2.11. The summed E-state index contributed by atoms with van der Waals surface area (Å²) in [5.74, 6) is 1.18. The van der Waals surface area contributed by atoms with E-state index in [9.17, 15) is 0 Å². The van der Waals surface area contributed by atoms with Crippen LogP contribution in [0, 0.1) is 5.92 Å². The molecule has 3 heteroatoms. The van der Waals surface area contributed by atoms with Crippen LogP contribution in [-0.2, 0) is 6.42 Å². The van der Waals surface area contributed by atoms with E-state index in [1.807, 2.05) is 12.1 Å². The first-order valence-corrected chi connectivity index (χ1v) is 6.48. The topological polar surface area (TPSA) is 9.23 Å².